The number of pyridine rings is 2. The van der Waals surface area contributed by atoms with E-state index in [-0.39, 0.29) is 20.1 Å². The predicted octanol–water partition coefficient (Wildman–Crippen LogP) is 11.4. The minimum atomic E-state index is -1.23. The number of aromatic nitrogens is 2. The number of hydrogen-bond donors (Lipinski definition) is 0. The Morgan fingerprint density at radius 3 is 2.17 bits per heavy atom. The van der Waals surface area contributed by atoms with Crippen LogP contribution in [0.5, 0.6) is 0 Å². The van der Waals surface area contributed by atoms with E-state index in [1.807, 2.05) is 76.4 Å². The molecule has 5 heteroatoms. The van der Waals surface area contributed by atoms with Crippen molar-refractivity contribution in [3.8, 4) is 22.5 Å². The third-order valence-corrected chi connectivity index (χ3v) is 11.4. The standard InChI is InChI=1S/C27H24NS.C14H16NSi.Ir/c1-16(2)18-9-10-22-25(15-18)29-27-23(24-14-19(17(3)4)11-12-28-24)13-20-7-5-6-8-21(20)26(22)27;1-16(2,3)13-9-10-14(15-11-13)12-7-5-4-6-8-12;/h5-12,14-17H,1-4H3;4-7,9-11H,1-3H3;/q2*-1;/i16D,17D;;. The fourth-order valence-electron chi connectivity index (χ4n) is 5.46. The number of benzene rings is 4. The van der Waals surface area contributed by atoms with Crippen molar-refractivity contribution >= 4 is 55.5 Å². The fraction of sp³-hybridized carbons (Fsp3) is 0.220. The van der Waals surface area contributed by atoms with Gasteiger partial charge in [0.05, 0.1) is 8.07 Å². The number of nitrogens with zero attached hydrogens (tertiary/aromatic N) is 2. The van der Waals surface area contributed by atoms with Crippen molar-refractivity contribution in [2.75, 3.05) is 0 Å². The quantitative estimate of drug-likeness (QED) is 0.128. The molecule has 1 radical (unpaired) electrons. The van der Waals surface area contributed by atoms with E-state index in [1.165, 1.54) is 26.0 Å². The largest absolute Gasteiger partial charge is 0.305 e. The summed E-state index contributed by atoms with van der Waals surface area (Å²) < 4.78 is 19.2. The van der Waals surface area contributed by atoms with Crippen LogP contribution in [0.1, 0.15) is 53.4 Å². The molecule has 0 atom stereocenters. The third kappa shape index (κ3) is 7.09. The first-order valence-electron chi connectivity index (χ1n) is 16.4. The van der Waals surface area contributed by atoms with Crippen molar-refractivity contribution in [1.29, 1.82) is 0 Å². The third-order valence-electron chi connectivity index (χ3n) is 8.16. The van der Waals surface area contributed by atoms with E-state index < -0.39 is 19.9 Å². The van der Waals surface area contributed by atoms with Crippen LogP contribution in [0.2, 0.25) is 19.6 Å². The van der Waals surface area contributed by atoms with Gasteiger partial charge in [0, 0.05) is 45.6 Å². The number of hydrogen-bond acceptors (Lipinski definition) is 3. The summed E-state index contributed by atoms with van der Waals surface area (Å²) in [5.74, 6) is -1.33. The molecular weight excluding hydrogens is 773 g/mol. The van der Waals surface area contributed by atoms with Gasteiger partial charge in [0.25, 0.3) is 0 Å². The summed E-state index contributed by atoms with van der Waals surface area (Å²) in [4.78, 5) is 9.19. The zero-order valence-electron chi connectivity index (χ0n) is 29.5. The van der Waals surface area contributed by atoms with Crippen LogP contribution in [0, 0.1) is 12.1 Å². The summed E-state index contributed by atoms with van der Waals surface area (Å²) >= 11 is 1.74. The van der Waals surface area contributed by atoms with Crippen LogP contribution in [0.3, 0.4) is 0 Å². The number of fused-ring (bicyclic) bond motifs is 5. The Balaban J connectivity index is 0.000000224. The molecule has 0 unspecified atom stereocenters. The SMILES string of the molecule is C[Si](C)(C)c1ccc(-c2[c-]cccc2)nc1.[2H]C(C)(C)c1ccnc(-c2[c-]c3ccccc3c3c2sc2cc(C([2H])(C)C)ccc23)c1.[Ir]. The topological polar surface area (TPSA) is 25.8 Å². The van der Waals surface area contributed by atoms with Crippen molar-refractivity contribution in [2.45, 2.75) is 59.1 Å². The Bertz CT molecular complexity index is 2190. The van der Waals surface area contributed by atoms with E-state index in [4.69, 9.17) is 2.74 Å². The first-order chi connectivity index (χ1) is 22.2. The van der Waals surface area contributed by atoms with Crippen LogP contribution in [-0.4, -0.2) is 18.0 Å². The second kappa shape index (κ2) is 14.1. The van der Waals surface area contributed by atoms with Crippen LogP contribution in [-0.2, 0) is 20.1 Å². The summed E-state index contributed by atoms with van der Waals surface area (Å²) in [6, 6.07) is 37.8. The maximum absolute atomic E-state index is 8.44. The van der Waals surface area contributed by atoms with Crippen molar-refractivity contribution in [3.05, 3.63) is 127 Å². The van der Waals surface area contributed by atoms with Crippen molar-refractivity contribution in [3.63, 3.8) is 0 Å². The molecule has 0 amide bonds. The van der Waals surface area contributed by atoms with Gasteiger partial charge in [-0.05, 0) is 56.0 Å². The maximum Gasteiger partial charge on any atom is 0.0795 e. The second-order valence-corrected chi connectivity index (χ2v) is 19.1. The monoisotopic (exact) mass is 815 g/mol. The first kappa shape index (κ1) is 31.1. The van der Waals surface area contributed by atoms with E-state index in [0.29, 0.717) is 0 Å². The molecule has 3 aromatic heterocycles. The smallest absolute Gasteiger partial charge is 0.0795 e. The van der Waals surface area contributed by atoms with Crippen LogP contribution in [0.15, 0.2) is 103 Å². The molecule has 4 aromatic carbocycles. The van der Waals surface area contributed by atoms with E-state index in [1.54, 1.807) is 17.5 Å². The molecule has 46 heavy (non-hydrogen) atoms. The number of rotatable bonds is 5. The molecule has 3 heterocycles. The second-order valence-electron chi connectivity index (χ2n) is 13.0. The zero-order valence-corrected chi connectivity index (χ0v) is 31.7. The van der Waals surface area contributed by atoms with Gasteiger partial charge in [0.1, 0.15) is 0 Å². The summed E-state index contributed by atoms with van der Waals surface area (Å²) in [6.07, 6.45) is 3.81. The number of thiophene rings is 1. The van der Waals surface area contributed by atoms with Gasteiger partial charge in [-0.1, -0.05) is 112 Å². The van der Waals surface area contributed by atoms with Gasteiger partial charge in [-0.15, -0.1) is 53.4 Å². The fourth-order valence-corrected chi connectivity index (χ4v) is 7.76. The first-order valence-corrected chi connectivity index (χ1v) is 19.7. The summed E-state index contributed by atoms with van der Waals surface area (Å²) in [5, 5.41) is 6.06. The molecule has 0 aliphatic carbocycles. The van der Waals surface area contributed by atoms with Crippen LogP contribution in [0.4, 0.5) is 0 Å². The average Bonchev–Trinajstić information content (AvgIpc) is 3.43. The van der Waals surface area contributed by atoms with Crippen LogP contribution >= 0.6 is 11.3 Å². The van der Waals surface area contributed by atoms with Gasteiger partial charge in [0.2, 0.25) is 0 Å². The minimum absolute atomic E-state index is 0. The molecule has 0 spiro atoms. The van der Waals surface area contributed by atoms with Gasteiger partial charge in [-0.25, -0.2) is 0 Å². The van der Waals surface area contributed by atoms with Gasteiger partial charge >= 0.3 is 0 Å². The van der Waals surface area contributed by atoms with E-state index in [0.717, 1.165) is 43.7 Å². The van der Waals surface area contributed by atoms with Gasteiger partial charge in [0.15, 0.2) is 0 Å². The van der Waals surface area contributed by atoms with Crippen LogP contribution in [0.25, 0.3) is 53.5 Å². The molecule has 2 nitrogen and oxygen atoms in total. The van der Waals surface area contributed by atoms with Crippen LogP contribution < -0.4 is 5.19 Å². The molecule has 0 aliphatic rings. The maximum atomic E-state index is 8.44. The molecular formula is C41H40IrN2SSi-2. The molecule has 0 bridgehead atoms. The minimum Gasteiger partial charge on any atom is -0.305 e. The van der Waals surface area contributed by atoms with E-state index in [2.05, 4.69) is 90.3 Å². The van der Waals surface area contributed by atoms with Gasteiger partial charge < -0.3 is 4.98 Å². The molecule has 0 saturated carbocycles. The van der Waals surface area contributed by atoms with Crippen molar-refractivity contribution in [2.24, 2.45) is 0 Å². The molecule has 7 aromatic rings. The predicted molar refractivity (Wildman–Crippen MR) is 199 cm³/mol. The summed E-state index contributed by atoms with van der Waals surface area (Å²) in [5.41, 5.74) is 5.84. The van der Waals surface area contributed by atoms with Gasteiger partial charge in [-0.2, -0.15) is 11.3 Å². The Morgan fingerprint density at radius 2 is 1.50 bits per heavy atom. The Hall–Kier alpha value is -3.47. The zero-order chi connectivity index (χ0) is 33.6. The molecule has 0 fully saturated rings. The molecule has 0 aliphatic heterocycles. The Labute approximate surface area is 295 Å². The molecule has 7 rings (SSSR count). The molecule has 235 valence electrons. The normalized spacial score (nSPS) is 12.7. The Morgan fingerprint density at radius 1 is 0.761 bits per heavy atom. The average molecular weight is 815 g/mol. The molecule has 0 N–H and O–H groups in total. The van der Waals surface area contributed by atoms with Gasteiger partial charge in [-0.3, -0.25) is 4.98 Å². The summed E-state index contributed by atoms with van der Waals surface area (Å²) in [7, 11) is -1.23. The van der Waals surface area contributed by atoms with Crippen molar-refractivity contribution < 1.29 is 22.8 Å². The van der Waals surface area contributed by atoms with Crippen molar-refractivity contribution in [1.82, 2.24) is 9.97 Å². The summed E-state index contributed by atoms with van der Waals surface area (Å²) in [6.45, 7) is 14.6. The van der Waals surface area contributed by atoms with E-state index in [9.17, 15) is 0 Å². The Kier molecular flexibility index (Phi) is 9.55. The molecule has 0 saturated heterocycles. The van der Waals surface area contributed by atoms with E-state index >= 15 is 0 Å².